The number of phenols is 1. The van der Waals surface area contributed by atoms with E-state index in [9.17, 15) is 14.3 Å². The zero-order valence-corrected chi connectivity index (χ0v) is 19.5. The summed E-state index contributed by atoms with van der Waals surface area (Å²) in [5, 5.41) is 21.0. The molecule has 3 heterocycles. The second-order valence-corrected chi connectivity index (χ2v) is 8.75. The monoisotopic (exact) mass is 484 g/mol. The third-order valence-electron chi connectivity index (χ3n) is 6.28. The predicted octanol–water partition coefficient (Wildman–Crippen LogP) is 4.58. The molecule has 0 spiro atoms. The molecule has 8 nitrogen and oxygen atoms in total. The highest BCUT2D eigenvalue weighted by atomic mass is 19.1. The van der Waals surface area contributed by atoms with E-state index in [1.54, 1.807) is 45.9 Å². The average Bonchev–Trinajstić information content (AvgIpc) is 3.32. The molecule has 1 unspecified atom stereocenters. The van der Waals surface area contributed by atoms with Gasteiger partial charge in [0, 0.05) is 37.0 Å². The molecule has 36 heavy (non-hydrogen) atoms. The molecule has 5 rings (SSSR count). The Morgan fingerprint density at radius 3 is 2.81 bits per heavy atom. The highest BCUT2D eigenvalue weighted by molar-refractivity contribution is 5.89. The van der Waals surface area contributed by atoms with Crippen molar-refractivity contribution in [3.8, 4) is 29.4 Å². The van der Waals surface area contributed by atoms with Crippen LogP contribution in [0, 0.1) is 24.1 Å². The Hall–Kier alpha value is -4.58. The van der Waals surface area contributed by atoms with Crippen molar-refractivity contribution < 1.29 is 14.3 Å². The molecule has 0 saturated carbocycles. The number of terminal acetylenes is 1. The number of amides is 2. The average molecular weight is 485 g/mol. The van der Waals surface area contributed by atoms with Gasteiger partial charge in [-0.1, -0.05) is 18.1 Å². The minimum absolute atomic E-state index is 0.122. The van der Waals surface area contributed by atoms with Crippen LogP contribution in [-0.2, 0) is 0 Å². The number of para-hydroxylation sites is 1. The standard InChI is InChI=1S/C27H25FN6O2/c1-2-19-16-30-34-25(14-23(32-26(19)34)22-7-3-4-8-24(22)35)29-15-18-6-5-13-33(17-18)27(36)31-21-11-9-20(28)10-12-21/h1,3-4,7-12,14,16,18,29,35H,5-6,13,15,17H2,(H,31,36). The van der Waals surface area contributed by atoms with E-state index in [0.29, 0.717) is 53.6 Å². The number of urea groups is 1. The van der Waals surface area contributed by atoms with Gasteiger partial charge >= 0.3 is 6.03 Å². The molecule has 0 radical (unpaired) electrons. The summed E-state index contributed by atoms with van der Waals surface area (Å²) < 4.78 is 14.8. The summed E-state index contributed by atoms with van der Waals surface area (Å²) in [6.07, 6.45) is 9.08. The van der Waals surface area contributed by atoms with Crippen LogP contribution in [0.5, 0.6) is 5.75 Å². The Bertz CT molecular complexity index is 1440. The van der Waals surface area contributed by atoms with Gasteiger partial charge in [-0.25, -0.2) is 14.2 Å². The largest absolute Gasteiger partial charge is 0.507 e. The van der Waals surface area contributed by atoms with Crippen LogP contribution in [0.4, 0.5) is 20.7 Å². The smallest absolute Gasteiger partial charge is 0.321 e. The Morgan fingerprint density at radius 1 is 1.22 bits per heavy atom. The van der Waals surface area contributed by atoms with Crippen molar-refractivity contribution in [2.75, 3.05) is 30.3 Å². The lowest BCUT2D eigenvalue weighted by Gasteiger charge is -2.33. The zero-order valence-electron chi connectivity index (χ0n) is 19.5. The van der Waals surface area contributed by atoms with Crippen LogP contribution in [0.2, 0.25) is 0 Å². The number of rotatable bonds is 5. The molecule has 1 saturated heterocycles. The van der Waals surface area contributed by atoms with Crippen LogP contribution < -0.4 is 10.6 Å². The highest BCUT2D eigenvalue weighted by Crippen LogP contribution is 2.30. The number of anilines is 2. The Labute approximate surface area is 207 Å². The third-order valence-corrected chi connectivity index (χ3v) is 6.28. The van der Waals surface area contributed by atoms with Crippen molar-refractivity contribution in [1.29, 1.82) is 0 Å². The number of piperidine rings is 1. The van der Waals surface area contributed by atoms with Gasteiger partial charge in [-0.15, -0.1) is 6.42 Å². The lowest BCUT2D eigenvalue weighted by atomic mass is 9.98. The van der Waals surface area contributed by atoms with Crippen LogP contribution in [0.15, 0.2) is 60.8 Å². The van der Waals surface area contributed by atoms with Gasteiger partial charge in [0.2, 0.25) is 0 Å². The minimum atomic E-state index is -0.348. The third kappa shape index (κ3) is 4.79. The number of carbonyl (C=O) groups is 1. The molecule has 9 heteroatoms. The number of nitrogens with one attached hydrogen (secondary N) is 2. The van der Waals surface area contributed by atoms with E-state index < -0.39 is 0 Å². The van der Waals surface area contributed by atoms with Crippen molar-refractivity contribution in [3.63, 3.8) is 0 Å². The quantitative estimate of drug-likeness (QED) is 0.361. The SMILES string of the molecule is C#Cc1cnn2c(NCC3CCCN(C(=O)Nc4ccc(F)cc4)C3)cc(-c3ccccc3O)nc12. The zero-order chi connectivity index (χ0) is 25.1. The first-order valence-electron chi connectivity index (χ1n) is 11.7. The van der Waals surface area contributed by atoms with Gasteiger partial charge < -0.3 is 20.6 Å². The molecule has 182 valence electrons. The maximum atomic E-state index is 13.2. The van der Waals surface area contributed by atoms with E-state index in [1.165, 1.54) is 12.1 Å². The maximum Gasteiger partial charge on any atom is 0.321 e. The number of halogens is 1. The number of aromatic nitrogens is 3. The molecule has 3 N–H and O–H groups in total. The number of fused-ring (bicyclic) bond motifs is 1. The van der Waals surface area contributed by atoms with Gasteiger partial charge in [0.05, 0.1) is 17.5 Å². The van der Waals surface area contributed by atoms with Crippen molar-refractivity contribution in [2.45, 2.75) is 12.8 Å². The normalized spacial score (nSPS) is 15.4. The van der Waals surface area contributed by atoms with E-state index in [4.69, 9.17) is 6.42 Å². The summed E-state index contributed by atoms with van der Waals surface area (Å²) in [6, 6.07) is 14.3. The molecular weight excluding hydrogens is 459 g/mol. The van der Waals surface area contributed by atoms with Crippen molar-refractivity contribution in [1.82, 2.24) is 19.5 Å². The fourth-order valence-corrected chi connectivity index (χ4v) is 4.42. The number of hydrogen-bond acceptors (Lipinski definition) is 5. The molecule has 2 amide bonds. The molecule has 2 aromatic carbocycles. The fourth-order valence-electron chi connectivity index (χ4n) is 4.42. The number of likely N-dealkylation sites (tertiary alicyclic amines) is 1. The Kier molecular flexibility index (Phi) is 6.41. The highest BCUT2D eigenvalue weighted by Gasteiger charge is 2.24. The summed E-state index contributed by atoms with van der Waals surface area (Å²) in [5.74, 6) is 3.28. The van der Waals surface area contributed by atoms with Gasteiger partial charge in [0.25, 0.3) is 0 Å². The van der Waals surface area contributed by atoms with Crippen molar-refractivity contribution in [2.24, 2.45) is 5.92 Å². The van der Waals surface area contributed by atoms with E-state index in [-0.39, 0.29) is 23.5 Å². The van der Waals surface area contributed by atoms with Gasteiger partial charge in [-0.3, -0.25) is 0 Å². The lowest BCUT2D eigenvalue weighted by Crippen LogP contribution is -2.44. The first-order chi connectivity index (χ1) is 17.5. The summed E-state index contributed by atoms with van der Waals surface area (Å²) in [6.45, 7) is 1.84. The van der Waals surface area contributed by atoms with Gasteiger partial charge in [-0.2, -0.15) is 9.61 Å². The fraction of sp³-hybridized carbons (Fsp3) is 0.222. The van der Waals surface area contributed by atoms with Crippen LogP contribution in [0.25, 0.3) is 16.9 Å². The van der Waals surface area contributed by atoms with Crippen LogP contribution >= 0.6 is 0 Å². The molecule has 4 aromatic rings. The first kappa shape index (κ1) is 23.2. The van der Waals surface area contributed by atoms with Gasteiger partial charge in [0.15, 0.2) is 5.65 Å². The topological polar surface area (TPSA) is 94.8 Å². The Morgan fingerprint density at radius 2 is 2.03 bits per heavy atom. The summed E-state index contributed by atoms with van der Waals surface area (Å²) >= 11 is 0. The van der Waals surface area contributed by atoms with Gasteiger partial charge in [0.1, 0.15) is 17.4 Å². The number of hydrogen-bond donors (Lipinski definition) is 3. The van der Waals surface area contributed by atoms with Gasteiger partial charge in [-0.05, 0) is 55.2 Å². The predicted molar refractivity (Wildman–Crippen MR) is 136 cm³/mol. The van der Waals surface area contributed by atoms with Crippen LogP contribution in [0.3, 0.4) is 0 Å². The molecule has 1 atom stereocenters. The summed E-state index contributed by atoms with van der Waals surface area (Å²) in [4.78, 5) is 19.2. The molecular formula is C27H25FN6O2. The van der Waals surface area contributed by atoms with E-state index >= 15 is 0 Å². The van der Waals surface area contributed by atoms with E-state index in [2.05, 4.69) is 26.6 Å². The first-order valence-corrected chi connectivity index (χ1v) is 11.7. The van der Waals surface area contributed by atoms with Crippen LogP contribution in [-0.4, -0.2) is 50.3 Å². The molecule has 1 aliphatic heterocycles. The molecule has 2 aromatic heterocycles. The number of carbonyl (C=O) groups excluding carboxylic acids is 1. The minimum Gasteiger partial charge on any atom is -0.507 e. The molecule has 0 bridgehead atoms. The Balaban J connectivity index is 1.32. The van der Waals surface area contributed by atoms with Crippen molar-refractivity contribution in [3.05, 3.63) is 72.2 Å². The molecule has 1 aliphatic rings. The second kappa shape index (κ2) is 9.96. The maximum absolute atomic E-state index is 13.2. The second-order valence-electron chi connectivity index (χ2n) is 8.75. The van der Waals surface area contributed by atoms with Crippen LogP contribution in [0.1, 0.15) is 18.4 Å². The number of phenolic OH excluding ortho intramolecular Hbond substituents is 1. The molecule has 0 aliphatic carbocycles. The number of aromatic hydroxyl groups is 1. The summed E-state index contributed by atoms with van der Waals surface area (Å²) in [5.41, 5.74) is 2.79. The molecule has 1 fully saturated rings. The number of nitrogens with zero attached hydrogens (tertiary/aromatic N) is 4. The number of benzene rings is 2. The van der Waals surface area contributed by atoms with E-state index in [1.807, 2.05) is 12.1 Å². The lowest BCUT2D eigenvalue weighted by molar-refractivity contribution is 0.180. The summed E-state index contributed by atoms with van der Waals surface area (Å²) in [7, 11) is 0. The van der Waals surface area contributed by atoms with Crippen molar-refractivity contribution >= 4 is 23.2 Å². The van der Waals surface area contributed by atoms with E-state index in [0.717, 1.165) is 12.8 Å².